The Morgan fingerprint density at radius 2 is 2.00 bits per heavy atom. The first-order valence-electron chi connectivity index (χ1n) is 8.43. The molecule has 2 aromatic carbocycles. The summed E-state index contributed by atoms with van der Waals surface area (Å²) in [5.41, 5.74) is 3.53. The van der Waals surface area contributed by atoms with Crippen molar-refractivity contribution in [1.82, 2.24) is 4.90 Å². The molecular formula is C20H20N2O3. The van der Waals surface area contributed by atoms with Crippen LogP contribution in [0, 0.1) is 0 Å². The summed E-state index contributed by atoms with van der Waals surface area (Å²) in [5.74, 6) is 0.510. The van der Waals surface area contributed by atoms with E-state index in [0.29, 0.717) is 18.7 Å². The Morgan fingerprint density at radius 3 is 2.80 bits per heavy atom. The second kappa shape index (κ2) is 5.92. The third-order valence-electron chi connectivity index (χ3n) is 5.12. The molecule has 0 radical (unpaired) electrons. The van der Waals surface area contributed by atoms with Crippen LogP contribution in [0.4, 0.5) is 5.69 Å². The maximum atomic E-state index is 13.3. The molecule has 25 heavy (non-hydrogen) atoms. The van der Waals surface area contributed by atoms with E-state index < -0.39 is 0 Å². The van der Waals surface area contributed by atoms with Gasteiger partial charge in [0.25, 0.3) is 5.91 Å². The Morgan fingerprint density at radius 1 is 1.20 bits per heavy atom. The molecule has 0 saturated heterocycles. The highest BCUT2D eigenvalue weighted by atomic mass is 16.5. The van der Waals surface area contributed by atoms with Gasteiger partial charge in [-0.25, -0.2) is 0 Å². The Hall–Kier alpha value is -2.82. The van der Waals surface area contributed by atoms with Gasteiger partial charge in [-0.15, -0.1) is 0 Å². The van der Waals surface area contributed by atoms with Gasteiger partial charge in [0.15, 0.2) is 0 Å². The lowest BCUT2D eigenvalue weighted by molar-refractivity contribution is -0.120. The molecule has 4 rings (SSSR count). The molecule has 2 amide bonds. The first-order chi connectivity index (χ1) is 12.1. The van der Waals surface area contributed by atoms with Crippen molar-refractivity contribution in [1.29, 1.82) is 0 Å². The van der Waals surface area contributed by atoms with E-state index in [0.717, 1.165) is 29.0 Å². The molecule has 5 nitrogen and oxygen atoms in total. The van der Waals surface area contributed by atoms with Crippen molar-refractivity contribution < 1.29 is 14.3 Å². The fraction of sp³-hybridized carbons (Fsp3) is 0.300. The Balaban J connectivity index is 1.69. The largest absolute Gasteiger partial charge is 0.497 e. The fourth-order valence-electron chi connectivity index (χ4n) is 3.79. The predicted octanol–water partition coefficient (Wildman–Crippen LogP) is 2.45. The van der Waals surface area contributed by atoms with Crippen molar-refractivity contribution in [2.75, 3.05) is 32.1 Å². The second-order valence-corrected chi connectivity index (χ2v) is 6.56. The number of ether oxygens (including phenoxy) is 1. The zero-order valence-electron chi connectivity index (χ0n) is 14.4. The minimum absolute atomic E-state index is 0.0220. The molecule has 0 aliphatic carbocycles. The van der Waals surface area contributed by atoms with Crippen molar-refractivity contribution in [2.45, 2.75) is 12.3 Å². The highest BCUT2D eigenvalue weighted by Crippen LogP contribution is 2.36. The van der Waals surface area contributed by atoms with Crippen LogP contribution < -0.4 is 9.64 Å². The number of carbonyl (C=O) groups is 2. The van der Waals surface area contributed by atoms with E-state index in [1.807, 2.05) is 41.3 Å². The normalized spacial score (nSPS) is 18.8. The van der Waals surface area contributed by atoms with Crippen molar-refractivity contribution >= 4 is 17.5 Å². The lowest BCUT2D eigenvalue weighted by Gasteiger charge is -2.33. The zero-order valence-corrected chi connectivity index (χ0v) is 14.4. The minimum atomic E-state index is -0.327. The van der Waals surface area contributed by atoms with Crippen LogP contribution in [0.2, 0.25) is 0 Å². The van der Waals surface area contributed by atoms with Gasteiger partial charge in [0.2, 0.25) is 5.91 Å². The average molecular weight is 336 g/mol. The fourth-order valence-corrected chi connectivity index (χ4v) is 3.79. The molecule has 128 valence electrons. The third-order valence-corrected chi connectivity index (χ3v) is 5.12. The van der Waals surface area contributed by atoms with E-state index in [1.54, 1.807) is 25.1 Å². The Bertz CT molecular complexity index is 862. The molecule has 0 aromatic heterocycles. The number of fused-ring (bicyclic) bond motifs is 2. The molecule has 0 spiro atoms. The van der Waals surface area contributed by atoms with Gasteiger partial charge in [0, 0.05) is 31.4 Å². The second-order valence-electron chi connectivity index (χ2n) is 6.56. The van der Waals surface area contributed by atoms with Crippen LogP contribution in [-0.2, 0) is 11.2 Å². The molecule has 0 saturated carbocycles. The van der Waals surface area contributed by atoms with Gasteiger partial charge in [-0.1, -0.05) is 18.2 Å². The van der Waals surface area contributed by atoms with Crippen molar-refractivity contribution in [2.24, 2.45) is 0 Å². The van der Waals surface area contributed by atoms with E-state index in [2.05, 4.69) is 0 Å². The number of carbonyl (C=O) groups excluding carboxylic acids is 2. The van der Waals surface area contributed by atoms with E-state index in [-0.39, 0.29) is 17.7 Å². The topological polar surface area (TPSA) is 49.9 Å². The van der Waals surface area contributed by atoms with Gasteiger partial charge >= 0.3 is 0 Å². The number of nitrogens with zero attached hydrogens (tertiary/aromatic N) is 2. The minimum Gasteiger partial charge on any atom is -0.497 e. The molecule has 2 heterocycles. The third kappa shape index (κ3) is 2.47. The van der Waals surface area contributed by atoms with Crippen molar-refractivity contribution in [3.63, 3.8) is 0 Å². The SMILES string of the molecule is COc1ccc2c(c1)CCN2C(=O)C1CN(C)C(=O)c2ccccc21. The first-order valence-corrected chi connectivity index (χ1v) is 8.43. The summed E-state index contributed by atoms with van der Waals surface area (Å²) >= 11 is 0. The zero-order chi connectivity index (χ0) is 17.6. The van der Waals surface area contributed by atoms with Gasteiger partial charge in [0.1, 0.15) is 5.75 Å². The Kier molecular flexibility index (Phi) is 3.71. The maximum absolute atomic E-state index is 13.3. The molecule has 5 heteroatoms. The van der Waals surface area contributed by atoms with Gasteiger partial charge in [-0.2, -0.15) is 0 Å². The molecule has 2 aromatic rings. The van der Waals surface area contributed by atoms with Crippen LogP contribution in [-0.4, -0.2) is 44.0 Å². The standard InChI is InChI=1S/C20H20N2O3/c1-21-12-17(15-5-3-4-6-16(15)19(21)23)20(24)22-10-9-13-11-14(25-2)7-8-18(13)22/h3-8,11,17H,9-10,12H2,1-2H3. The maximum Gasteiger partial charge on any atom is 0.253 e. The number of amides is 2. The molecule has 0 N–H and O–H groups in total. The van der Waals surface area contributed by atoms with Crippen LogP contribution in [0.1, 0.15) is 27.4 Å². The Labute approximate surface area is 146 Å². The summed E-state index contributed by atoms with van der Waals surface area (Å²) in [6.07, 6.45) is 0.821. The lowest BCUT2D eigenvalue weighted by atomic mass is 9.88. The summed E-state index contributed by atoms with van der Waals surface area (Å²) in [7, 11) is 3.40. The number of methoxy groups -OCH3 is 1. The predicted molar refractivity (Wildman–Crippen MR) is 95.2 cm³/mol. The number of anilines is 1. The van der Waals surface area contributed by atoms with E-state index in [4.69, 9.17) is 4.74 Å². The first kappa shape index (κ1) is 15.7. The van der Waals surface area contributed by atoms with Crippen LogP contribution in [0.25, 0.3) is 0 Å². The summed E-state index contributed by atoms with van der Waals surface area (Å²) < 4.78 is 5.28. The molecule has 2 aliphatic heterocycles. The molecular weight excluding hydrogens is 316 g/mol. The smallest absolute Gasteiger partial charge is 0.253 e. The highest BCUT2D eigenvalue weighted by molar-refractivity contribution is 6.05. The van der Waals surface area contributed by atoms with Gasteiger partial charge in [0.05, 0.1) is 13.0 Å². The van der Waals surface area contributed by atoms with E-state index in [9.17, 15) is 9.59 Å². The molecule has 2 aliphatic rings. The number of hydrogen-bond donors (Lipinski definition) is 0. The molecule has 0 bridgehead atoms. The van der Waals surface area contributed by atoms with Crippen LogP contribution in [0.15, 0.2) is 42.5 Å². The molecule has 1 atom stereocenters. The van der Waals surface area contributed by atoms with Gasteiger partial charge < -0.3 is 14.5 Å². The summed E-state index contributed by atoms with van der Waals surface area (Å²) in [6.45, 7) is 1.08. The summed E-state index contributed by atoms with van der Waals surface area (Å²) in [6, 6.07) is 13.3. The van der Waals surface area contributed by atoms with E-state index in [1.165, 1.54) is 0 Å². The quantitative estimate of drug-likeness (QED) is 0.846. The molecule has 1 unspecified atom stereocenters. The van der Waals surface area contributed by atoms with Crippen LogP contribution in [0.3, 0.4) is 0 Å². The highest BCUT2D eigenvalue weighted by Gasteiger charge is 2.37. The number of benzene rings is 2. The van der Waals surface area contributed by atoms with Gasteiger partial charge in [-0.3, -0.25) is 9.59 Å². The van der Waals surface area contributed by atoms with Gasteiger partial charge in [-0.05, 0) is 41.8 Å². The number of likely N-dealkylation sites (N-methyl/N-ethyl adjacent to an activating group) is 1. The molecule has 0 fully saturated rings. The lowest BCUT2D eigenvalue weighted by Crippen LogP contribution is -2.44. The van der Waals surface area contributed by atoms with Crippen molar-refractivity contribution in [3.05, 3.63) is 59.2 Å². The van der Waals surface area contributed by atoms with Crippen LogP contribution >= 0.6 is 0 Å². The average Bonchev–Trinajstić information content (AvgIpc) is 3.07. The summed E-state index contributed by atoms with van der Waals surface area (Å²) in [5, 5.41) is 0. The summed E-state index contributed by atoms with van der Waals surface area (Å²) in [4.78, 5) is 29.1. The van der Waals surface area contributed by atoms with Crippen molar-refractivity contribution in [3.8, 4) is 5.75 Å². The van der Waals surface area contributed by atoms with E-state index >= 15 is 0 Å². The number of rotatable bonds is 2. The monoisotopic (exact) mass is 336 g/mol. The number of hydrogen-bond acceptors (Lipinski definition) is 3. The van der Waals surface area contributed by atoms with Crippen LogP contribution in [0.5, 0.6) is 5.75 Å².